The Labute approximate surface area is 97.0 Å². The van der Waals surface area contributed by atoms with Gasteiger partial charge >= 0.3 is 0 Å². The predicted molar refractivity (Wildman–Crippen MR) is 62.6 cm³/mol. The summed E-state index contributed by atoms with van der Waals surface area (Å²) in [7, 11) is 0. The zero-order valence-corrected chi connectivity index (χ0v) is 10.00. The Morgan fingerprint density at radius 3 is 2.56 bits per heavy atom. The van der Waals surface area contributed by atoms with Crippen LogP contribution in [0.25, 0.3) is 0 Å². The van der Waals surface area contributed by atoms with Crippen molar-refractivity contribution in [3.05, 3.63) is 0 Å². The molecule has 0 spiro atoms. The number of nitrogens with one attached hydrogen (secondary N) is 1. The fourth-order valence-electron chi connectivity index (χ4n) is 2.00. The molecule has 1 aliphatic carbocycles. The molecule has 1 rings (SSSR count). The summed E-state index contributed by atoms with van der Waals surface area (Å²) in [5.41, 5.74) is 5.14. The van der Waals surface area contributed by atoms with E-state index >= 15 is 0 Å². The van der Waals surface area contributed by atoms with Crippen molar-refractivity contribution in [2.24, 2.45) is 17.6 Å². The van der Waals surface area contributed by atoms with Crippen LogP contribution in [0.3, 0.4) is 0 Å². The molecule has 0 aromatic heterocycles. The zero-order valence-electron chi connectivity index (χ0n) is 10.00. The van der Waals surface area contributed by atoms with E-state index in [0.717, 1.165) is 19.4 Å². The van der Waals surface area contributed by atoms with Gasteiger partial charge in [0.25, 0.3) is 0 Å². The van der Waals surface area contributed by atoms with Gasteiger partial charge in [0.05, 0.1) is 0 Å². The summed E-state index contributed by atoms with van der Waals surface area (Å²) in [6.07, 6.45) is 5.52. The molecule has 0 aromatic rings. The van der Waals surface area contributed by atoms with E-state index in [2.05, 4.69) is 5.32 Å². The molecule has 0 saturated heterocycles. The second-order valence-electron chi connectivity index (χ2n) is 4.70. The van der Waals surface area contributed by atoms with Gasteiger partial charge < -0.3 is 11.1 Å². The van der Waals surface area contributed by atoms with Crippen molar-refractivity contribution in [3.63, 3.8) is 0 Å². The van der Waals surface area contributed by atoms with Crippen molar-refractivity contribution in [3.8, 4) is 0 Å². The summed E-state index contributed by atoms with van der Waals surface area (Å²) in [4.78, 5) is 22.6. The lowest BCUT2D eigenvalue weighted by Crippen LogP contribution is -2.37. The average Bonchev–Trinajstić information content (AvgIpc) is 2.13. The largest absolute Gasteiger partial charge is 0.370 e. The van der Waals surface area contributed by atoms with Gasteiger partial charge in [-0.1, -0.05) is 19.8 Å². The summed E-state index contributed by atoms with van der Waals surface area (Å²) in [6.45, 7) is 2.77. The van der Waals surface area contributed by atoms with E-state index < -0.39 is 5.91 Å². The summed E-state index contributed by atoms with van der Waals surface area (Å²) in [5.74, 6) is 0.0205. The van der Waals surface area contributed by atoms with Gasteiger partial charge in [-0.15, -0.1) is 0 Å². The lowest BCUT2D eigenvalue weighted by atomic mass is 9.85. The van der Waals surface area contributed by atoms with Gasteiger partial charge in [0.1, 0.15) is 0 Å². The number of carbonyl (C=O) groups is 2. The smallest absolute Gasteiger partial charge is 0.223 e. The third-order valence-corrected chi connectivity index (χ3v) is 3.25. The molecule has 0 heterocycles. The van der Waals surface area contributed by atoms with Gasteiger partial charge in [-0.3, -0.25) is 9.59 Å². The van der Waals surface area contributed by atoms with E-state index in [0.29, 0.717) is 5.92 Å². The van der Waals surface area contributed by atoms with Crippen LogP contribution in [0.5, 0.6) is 0 Å². The molecular formula is C12H22N2O2. The normalized spacial score (nSPS) is 17.6. The van der Waals surface area contributed by atoms with Crippen molar-refractivity contribution in [2.45, 2.75) is 45.4 Å². The SMILES string of the molecule is CCCC(CC(N)=O)C(=O)NCC1CCC1. The minimum atomic E-state index is -0.391. The molecule has 4 nitrogen and oxygen atoms in total. The Bertz CT molecular complexity index is 249. The highest BCUT2D eigenvalue weighted by atomic mass is 16.2. The summed E-state index contributed by atoms with van der Waals surface area (Å²) < 4.78 is 0. The second kappa shape index (κ2) is 6.51. The Morgan fingerprint density at radius 1 is 1.44 bits per heavy atom. The average molecular weight is 226 g/mol. The van der Waals surface area contributed by atoms with Gasteiger partial charge in [-0.05, 0) is 25.2 Å². The Kier molecular flexibility index (Phi) is 5.29. The Hall–Kier alpha value is -1.06. The molecule has 2 amide bonds. The van der Waals surface area contributed by atoms with E-state index in [1.54, 1.807) is 0 Å². The molecule has 1 fully saturated rings. The minimum Gasteiger partial charge on any atom is -0.370 e. The maximum Gasteiger partial charge on any atom is 0.223 e. The van der Waals surface area contributed by atoms with Gasteiger partial charge in [-0.25, -0.2) is 0 Å². The molecule has 1 unspecified atom stereocenters. The van der Waals surface area contributed by atoms with Crippen molar-refractivity contribution in [1.29, 1.82) is 0 Å². The Morgan fingerprint density at radius 2 is 2.12 bits per heavy atom. The lowest BCUT2D eigenvalue weighted by Gasteiger charge is -2.26. The number of carbonyl (C=O) groups excluding carboxylic acids is 2. The first kappa shape index (κ1) is 13.0. The topological polar surface area (TPSA) is 72.2 Å². The van der Waals surface area contributed by atoms with Crippen LogP contribution in [-0.4, -0.2) is 18.4 Å². The first-order chi connectivity index (χ1) is 7.63. The highest BCUT2D eigenvalue weighted by Gasteiger charge is 2.22. The molecule has 1 saturated carbocycles. The molecule has 4 heteroatoms. The van der Waals surface area contributed by atoms with E-state index in [-0.39, 0.29) is 18.2 Å². The van der Waals surface area contributed by atoms with Crippen LogP contribution in [0.4, 0.5) is 0 Å². The molecule has 3 N–H and O–H groups in total. The van der Waals surface area contributed by atoms with E-state index in [9.17, 15) is 9.59 Å². The summed E-state index contributed by atoms with van der Waals surface area (Å²) in [5, 5.41) is 2.93. The molecule has 1 aliphatic rings. The molecule has 0 aromatic carbocycles. The third-order valence-electron chi connectivity index (χ3n) is 3.25. The fourth-order valence-corrected chi connectivity index (χ4v) is 2.00. The molecule has 0 bridgehead atoms. The molecule has 0 radical (unpaired) electrons. The highest BCUT2D eigenvalue weighted by molar-refractivity contribution is 5.84. The van der Waals surface area contributed by atoms with Crippen LogP contribution in [0, 0.1) is 11.8 Å². The second-order valence-corrected chi connectivity index (χ2v) is 4.70. The van der Waals surface area contributed by atoms with Crippen LogP contribution in [0.2, 0.25) is 0 Å². The molecular weight excluding hydrogens is 204 g/mol. The van der Waals surface area contributed by atoms with Gasteiger partial charge in [-0.2, -0.15) is 0 Å². The van der Waals surface area contributed by atoms with Crippen molar-refractivity contribution < 1.29 is 9.59 Å². The van der Waals surface area contributed by atoms with Crippen LogP contribution in [-0.2, 0) is 9.59 Å². The van der Waals surface area contributed by atoms with Crippen LogP contribution >= 0.6 is 0 Å². The first-order valence-electron chi connectivity index (χ1n) is 6.19. The minimum absolute atomic E-state index is 0.00690. The summed E-state index contributed by atoms with van der Waals surface area (Å²) in [6, 6.07) is 0. The number of amides is 2. The van der Waals surface area contributed by atoms with E-state index in [4.69, 9.17) is 5.73 Å². The number of hydrogen-bond acceptors (Lipinski definition) is 2. The maximum absolute atomic E-state index is 11.8. The molecule has 1 atom stereocenters. The van der Waals surface area contributed by atoms with Gasteiger partial charge in [0, 0.05) is 18.9 Å². The summed E-state index contributed by atoms with van der Waals surface area (Å²) >= 11 is 0. The number of primary amides is 1. The number of rotatable bonds is 7. The van der Waals surface area contributed by atoms with Crippen molar-refractivity contribution in [2.75, 3.05) is 6.54 Å². The molecule has 16 heavy (non-hydrogen) atoms. The third kappa shape index (κ3) is 4.21. The predicted octanol–water partition coefficient (Wildman–Crippen LogP) is 1.19. The first-order valence-corrected chi connectivity index (χ1v) is 6.19. The standard InChI is InChI=1S/C12H22N2O2/c1-2-4-10(7-11(13)15)12(16)14-8-9-5-3-6-9/h9-10H,2-8H2,1H3,(H2,13,15)(H,14,16). The monoisotopic (exact) mass is 226 g/mol. The fraction of sp³-hybridized carbons (Fsp3) is 0.833. The van der Waals surface area contributed by atoms with Gasteiger partial charge in [0.15, 0.2) is 0 Å². The zero-order chi connectivity index (χ0) is 12.0. The molecule has 0 aliphatic heterocycles. The van der Waals surface area contributed by atoms with Crippen LogP contribution in [0.15, 0.2) is 0 Å². The van der Waals surface area contributed by atoms with E-state index in [1.807, 2.05) is 6.92 Å². The quantitative estimate of drug-likeness (QED) is 0.684. The maximum atomic E-state index is 11.8. The van der Waals surface area contributed by atoms with E-state index in [1.165, 1.54) is 19.3 Å². The molecule has 92 valence electrons. The highest BCUT2D eigenvalue weighted by Crippen LogP contribution is 2.25. The van der Waals surface area contributed by atoms with Gasteiger partial charge in [0.2, 0.25) is 11.8 Å². The van der Waals surface area contributed by atoms with Crippen LogP contribution < -0.4 is 11.1 Å². The number of nitrogens with two attached hydrogens (primary N) is 1. The van der Waals surface area contributed by atoms with Crippen molar-refractivity contribution >= 4 is 11.8 Å². The van der Waals surface area contributed by atoms with Crippen LogP contribution in [0.1, 0.15) is 45.4 Å². The Balaban J connectivity index is 2.29. The number of hydrogen-bond donors (Lipinski definition) is 2. The lowest BCUT2D eigenvalue weighted by molar-refractivity contribution is -0.129. The van der Waals surface area contributed by atoms with Crippen molar-refractivity contribution in [1.82, 2.24) is 5.32 Å².